The molecule has 0 aromatic heterocycles. The first-order valence-electron chi connectivity index (χ1n) is 7.80. The van der Waals surface area contributed by atoms with Crippen molar-refractivity contribution in [1.82, 2.24) is 9.80 Å². The van der Waals surface area contributed by atoms with Gasteiger partial charge in [0.25, 0.3) is 0 Å². The highest BCUT2D eigenvalue weighted by atomic mass is 16.2. The lowest BCUT2D eigenvalue weighted by atomic mass is 10.1. The van der Waals surface area contributed by atoms with Gasteiger partial charge in [-0.05, 0) is 24.5 Å². The van der Waals surface area contributed by atoms with E-state index >= 15 is 0 Å². The molecule has 1 amide bonds. The second kappa shape index (κ2) is 7.41. The van der Waals surface area contributed by atoms with E-state index in [1.165, 1.54) is 5.56 Å². The second-order valence-corrected chi connectivity index (χ2v) is 6.26. The predicted molar refractivity (Wildman–Crippen MR) is 88.1 cm³/mol. The molecule has 0 N–H and O–H groups in total. The number of benzene rings is 1. The Morgan fingerprint density at radius 3 is 2.33 bits per heavy atom. The van der Waals surface area contributed by atoms with Crippen molar-refractivity contribution in [3.05, 3.63) is 41.5 Å². The van der Waals surface area contributed by atoms with Crippen molar-refractivity contribution in [2.75, 3.05) is 32.7 Å². The van der Waals surface area contributed by atoms with Crippen molar-refractivity contribution in [3.63, 3.8) is 0 Å². The van der Waals surface area contributed by atoms with Crippen molar-refractivity contribution in [2.24, 2.45) is 5.92 Å². The summed E-state index contributed by atoms with van der Waals surface area (Å²) in [5.41, 5.74) is 2.31. The predicted octanol–water partition coefficient (Wildman–Crippen LogP) is 2.81. The van der Waals surface area contributed by atoms with Crippen LogP contribution < -0.4 is 0 Å². The number of hydrogen-bond acceptors (Lipinski definition) is 2. The molecule has 1 heterocycles. The molecule has 0 radical (unpaired) electrons. The molecular formula is C18H26N2O. The lowest BCUT2D eigenvalue weighted by Gasteiger charge is -2.35. The number of carbonyl (C=O) groups excluding carboxylic acids is 1. The van der Waals surface area contributed by atoms with Gasteiger partial charge in [0, 0.05) is 38.8 Å². The molecule has 0 atom stereocenters. The zero-order valence-corrected chi connectivity index (χ0v) is 13.4. The molecule has 21 heavy (non-hydrogen) atoms. The third-order valence-corrected chi connectivity index (χ3v) is 3.80. The molecule has 0 bridgehead atoms. The Labute approximate surface area is 128 Å². The Morgan fingerprint density at radius 1 is 1.14 bits per heavy atom. The molecule has 114 valence electrons. The van der Waals surface area contributed by atoms with Crippen molar-refractivity contribution in [2.45, 2.75) is 20.8 Å². The molecule has 3 nitrogen and oxygen atoms in total. The average molecular weight is 286 g/mol. The van der Waals surface area contributed by atoms with Crippen LogP contribution in [0.5, 0.6) is 0 Å². The SMILES string of the molecule is Cc1ccc(/C=C/C(=O)N2CCN(CC(C)C)CC2)cc1. The normalized spacial score (nSPS) is 16.9. The number of amides is 1. The Hall–Kier alpha value is -1.61. The molecule has 0 aliphatic carbocycles. The van der Waals surface area contributed by atoms with Gasteiger partial charge in [-0.15, -0.1) is 0 Å². The van der Waals surface area contributed by atoms with Crippen molar-refractivity contribution >= 4 is 12.0 Å². The van der Waals surface area contributed by atoms with Gasteiger partial charge < -0.3 is 4.90 Å². The van der Waals surface area contributed by atoms with E-state index in [2.05, 4.69) is 37.8 Å². The summed E-state index contributed by atoms with van der Waals surface area (Å²) in [5.74, 6) is 0.813. The summed E-state index contributed by atoms with van der Waals surface area (Å²) in [5, 5.41) is 0. The monoisotopic (exact) mass is 286 g/mol. The van der Waals surface area contributed by atoms with Crippen LogP contribution >= 0.6 is 0 Å². The van der Waals surface area contributed by atoms with Gasteiger partial charge in [-0.25, -0.2) is 0 Å². The molecule has 2 rings (SSSR count). The highest BCUT2D eigenvalue weighted by molar-refractivity contribution is 5.91. The number of hydrogen-bond donors (Lipinski definition) is 0. The van der Waals surface area contributed by atoms with Crippen LogP contribution in [0.4, 0.5) is 0 Å². The van der Waals surface area contributed by atoms with Gasteiger partial charge in [0.15, 0.2) is 0 Å². The van der Waals surface area contributed by atoms with E-state index in [1.807, 2.05) is 23.1 Å². The molecule has 0 saturated carbocycles. The number of nitrogens with zero attached hydrogens (tertiary/aromatic N) is 2. The van der Waals surface area contributed by atoms with Crippen LogP contribution in [0.3, 0.4) is 0 Å². The second-order valence-electron chi connectivity index (χ2n) is 6.26. The highest BCUT2D eigenvalue weighted by Crippen LogP contribution is 2.08. The molecule has 3 heteroatoms. The lowest BCUT2D eigenvalue weighted by molar-refractivity contribution is -0.127. The average Bonchev–Trinajstić information content (AvgIpc) is 2.46. The first-order valence-corrected chi connectivity index (χ1v) is 7.80. The maximum atomic E-state index is 12.2. The Kier molecular flexibility index (Phi) is 5.57. The zero-order valence-electron chi connectivity index (χ0n) is 13.4. The summed E-state index contributed by atoms with van der Waals surface area (Å²) in [7, 11) is 0. The fraction of sp³-hybridized carbons (Fsp3) is 0.500. The van der Waals surface area contributed by atoms with Gasteiger partial charge in [-0.3, -0.25) is 9.69 Å². The van der Waals surface area contributed by atoms with Crippen molar-refractivity contribution < 1.29 is 4.79 Å². The van der Waals surface area contributed by atoms with Crippen LogP contribution in [-0.4, -0.2) is 48.4 Å². The van der Waals surface area contributed by atoms with Gasteiger partial charge in [-0.1, -0.05) is 43.7 Å². The summed E-state index contributed by atoms with van der Waals surface area (Å²) in [6.07, 6.45) is 3.60. The van der Waals surface area contributed by atoms with Crippen LogP contribution in [0.15, 0.2) is 30.3 Å². The summed E-state index contributed by atoms with van der Waals surface area (Å²) in [6.45, 7) is 11.3. The van der Waals surface area contributed by atoms with E-state index in [1.54, 1.807) is 6.08 Å². The Balaban J connectivity index is 1.83. The molecule has 1 aromatic rings. The first kappa shape index (κ1) is 15.8. The van der Waals surface area contributed by atoms with Crippen LogP contribution in [0.25, 0.3) is 6.08 Å². The van der Waals surface area contributed by atoms with Gasteiger partial charge >= 0.3 is 0 Å². The van der Waals surface area contributed by atoms with E-state index in [0.717, 1.165) is 38.3 Å². The number of piperazine rings is 1. The topological polar surface area (TPSA) is 23.6 Å². The largest absolute Gasteiger partial charge is 0.337 e. The maximum absolute atomic E-state index is 12.2. The maximum Gasteiger partial charge on any atom is 0.246 e. The van der Waals surface area contributed by atoms with Gasteiger partial charge in [0.2, 0.25) is 5.91 Å². The molecule has 1 saturated heterocycles. The van der Waals surface area contributed by atoms with Crippen LogP contribution in [0.1, 0.15) is 25.0 Å². The standard InChI is InChI=1S/C18H26N2O/c1-15(2)14-19-10-12-20(13-11-19)18(21)9-8-17-6-4-16(3)5-7-17/h4-9,15H,10-14H2,1-3H3/b9-8+. The zero-order chi connectivity index (χ0) is 15.2. The van der Waals surface area contributed by atoms with Crippen LogP contribution in [-0.2, 0) is 4.79 Å². The van der Waals surface area contributed by atoms with Crippen molar-refractivity contribution in [3.8, 4) is 0 Å². The Morgan fingerprint density at radius 2 is 1.76 bits per heavy atom. The number of rotatable bonds is 4. The molecule has 0 spiro atoms. The number of carbonyl (C=O) groups is 1. The van der Waals surface area contributed by atoms with E-state index in [-0.39, 0.29) is 5.91 Å². The lowest BCUT2D eigenvalue weighted by Crippen LogP contribution is -2.49. The quantitative estimate of drug-likeness (QED) is 0.795. The van der Waals surface area contributed by atoms with Gasteiger partial charge in [0.1, 0.15) is 0 Å². The van der Waals surface area contributed by atoms with E-state index in [9.17, 15) is 4.79 Å². The van der Waals surface area contributed by atoms with E-state index in [4.69, 9.17) is 0 Å². The summed E-state index contributed by atoms with van der Waals surface area (Å²) >= 11 is 0. The molecular weight excluding hydrogens is 260 g/mol. The minimum atomic E-state index is 0.125. The highest BCUT2D eigenvalue weighted by Gasteiger charge is 2.19. The van der Waals surface area contributed by atoms with E-state index in [0.29, 0.717) is 5.92 Å². The smallest absolute Gasteiger partial charge is 0.246 e. The van der Waals surface area contributed by atoms with Crippen molar-refractivity contribution in [1.29, 1.82) is 0 Å². The van der Waals surface area contributed by atoms with E-state index < -0.39 is 0 Å². The fourth-order valence-corrected chi connectivity index (χ4v) is 2.62. The third-order valence-electron chi connectivity index (χ3n) is 3.80. The molecule has 1 aromatic carbocycles. The molecule has 0 unspecified atom stereocenters. The minimum Gasteiger partial charge on any atom is -0.337 e. The number of aryl methyl sites for hydroxylation is 1. The minimum absolute atomic E-state index is 0.125. The van der Waals surface area contributed by atoms with Gasteiger partial charge in [0.05, 0.1) is 0 Å². The molecule has 1 aliphatic heterocycles. The summed E-state index contributed by atoms with van der Waals surface area (Å²) in [6, 6.07) is 8.21. The summed E-state index contributed by atoms with van der Waals surface area (Å²) < 4.78 is 0. The molecule has 1 aliphatic rings. The third kappa shape index (κ3) is 5.01. The summed E-state index contributed by atoms with van der Waals surface area (Å²) in [4.78, 5) is 16.6. The van der Waals surface area contributed by atoms with Crippen LogP contribution in [0, 0.1) is 12.8 Å². The first-order chi connectivity index (χ1) is 10.0. The fourth-order valence-electron chi connectivity index (χ4n) is 2.62. The van der Waals surface area contributed by atoms with Crippen LogP contribution in [0.2, 0.25) is 0 Å². The Bertz CT molecular complexity index is 482. The molecule has 1 fully saturated rings. The van der Waals surface area contributed by atoms with Gasteiger partial charge in [-0.2, -0.15) is 0 Å².